The lowest BCUT2D eigenvalue weighted by Crippen LogP contribution is -2.05. The van der Waals surface area contributed by atoms with Gasteiger partial charge >= 0.3 is 0 Å². The Morgan fingerprint density at radius 2 is 2.10 bits per heavy atom. The van der Waals surface area contributed by atoms with Crippen LogP contribution in [-0.2, 0) is 0 Å². The van der Waals surface area contributed by atoms with Crippen LogP contribution in [-0.4, -0.2) is 24.5 Å². The summed E-state index contributed by atoms with van der Waals surface area (Å²) >= 11 is 8.17. The SMILES string of the molecule is Clc1nc(Nc2cccc(I)c2)nc(-n2ccnc2)n1. The Balaban J connectivity index is 1.94. The maximum atomic E-state index is 5.93. The van der Waals surface area contributed by atoms with Crippen molar-refractivity contribution in [3.8, 4) is 5.95 Å². The number of hydrogen-bond donors (Lipinski definition) is 1. The van der Waals surface area contributed by atoms with Crippen LogP contribution in [0.25, 0.3) is 5.95 Å². The van der Waals surface area contributed by atoms with Gasteiger partial charge in [0.1, 0.15) is 6.33 Å². The number of hydrogen-bond acceptors (Lipinski definition) is 5. The first-order chi connectivity index (χ1) is 9.70. The largest absolute Gasteiger partial charge is 0.324 e. The molecule has 0 amide bonds. The van der Waals surface area contributed by atoms with Gasteiger partial charge in [-0.05, 0) is 52.4 Å². The highest BCUT2D eigenvalue weighted by Gasteiger charge is 2.07. The zero-order valence-corrected chi connectivity index (χ0v) is 12.9. The van der Waals surface area contributed by atoms with Gasteiger partial charge in [0.2, 0.25) is 17.2 Å². The van der Waals surface area contributed by atoms with E-state index in [1.165, 1.54) is 0 Å². The molecule has 8 heteroatoms. The molecule has 2 heterocycles. The van der Waals surface area contributed by atoms with Crippen molar-refractivity contribution in [2.45, 2.75) is 0 Å². The Morgan fingerprint density at radius 1 is 1.20 bits per heavy atom. The summed E-state index contributed by atoms with van der Waals surface area (Å²) in [4.78, 5) is 16.4. The van der Waals surface area contributed by atoms with E-state index >= 15 is 0 Å². The van der Waals surface area contributed by atoms with E-state index in [1.54, 1.807) is 23.3 Å². The van der Waals surface area contributed by atoms with E-state index in [2.05, 4.69) is 47.8 Å². The molecule has 0 bridgehead atoms. The van der Waals surface area contributed by atoms with Crippen LogP contribution < -0.4 is 5.32 Å². The Morgan fingerprint density at radius 3 is 2.85 bits per heavy atom. The number of anilines is 2. The van der Waals surface area contributed by atoms with Crippen LogP contribution in [0.3, 0.4) is 0 Å². The number of imidazole rings is 1. The molecule has 0 saturated carbocycles. The molecule has 0 aliphatic heterocycles. The van der Waals surface area contributed by atoms with Crippen molar-refractivity contribution in [2.24, 2.45) is 0 Å². The topological polar surface area (TPSA) is 68.5 Å². The number of benzene rings is 1. The van der Waals surface area contributed by atoms with E-state index in [9.17, 15) is 0 Å². The van der Waals surface area contributed by atoms with Crippen molar-refractivity contribution in [1.82, 2.24) is 24.5 Å². The summed E-state index contributed by atoms with van der Waals surface area (Å²) in [6, 6.07) is 7.86. The summed E-state index contributed by atoms with van der Waals surface area (Å²) in [5.74, 6) is 0.798. The number of halogens is 2. The fraction of sp³-hybridized carbons (Fsp3) is 0. The summed E-state index contributed by atoms with van der Waals surface area (Å²) in [6.07, 6.45) is 4.98. The Kier molecular flexibility index (Phi) is 3.79. The maximum absolute atomic E-state index is 5.93. The molecule has 0 radical (unpaired) electrons. The quantitative estimate of drug-likeness (QED) is 0.687. The van der Waals surface area contributed by atoms with Crippen LogP contribution in [0.2, 0.25) is 5.28 Å². The van der Waals surface area contributed by atoms with Gasteiger partial charge in [-0.2, -0.15) is 15.0 Å². The molecule has 1 aromatic carbocycles. The Labute approximate surface area is 133 Å². The van der Waals surface area contributed by atoms with Gasteiger partial charge in [0.25, 0.3) is 0 Å². The zero-order valence-electron chi connectivity index (χ0n) is 10.0. The van der Waals surface area contributed by atoms with Crippen LogP contribution >= 0.6 is 34.2 Å². The first-order valence-corrected chi connectivity index (χ1v) is 7.09. The van der Waals surface area contributed by atoms with Crippen molar-refractivity contribution in [3.63, 3.8) is 0 Å². The molecule has 20 heavy (non-hydrogen) atoms. The second kappa shape index (κ2) is 5.71. The summed E-state index contributed by atoms with van der Waals surface area (Å²) in [5.41, 5.74) is 0.885. The van der Waals surface area contributed by atoms with E-state index in [0.717, 1.165) is 9.26 Å². The van der Waals surface area contributed by atoms with Gasteiger partial charge in [-0.15, -0.1) is 0 Å². The van der Waals surface area contributed by atoms with Crippen LogP contribution in [0.5, 0.6) is 0 Å². The lowest BCUT2D eigenvalue weighted by Gasteiger charge is -2.07. The van der Waals surface area contributed by atoms with Gasteiger partial charge in [-0.25, -0.2) is 4.98 Å². The molecule has 0 saturated heterocycles. The van der Waals surface area contributed by atoms with Crippen molar-refractivity contribution in [1.29, 1.82) is 0 Å². The molecule has 0 atom stereocenters. The molecular formula is C12H8ClIN6. The van der Waals surface area contributed by atoms with E-state index < -0.39 is 0 Å². The molecular weight excluding hydrogens is 391 g/mol. The van der Waals surface area contributed by atoms with E-state index in [-0.39, 0.29) is 5.28 Å². The summed E-state index contributed by atoms with van der Waals surface area (Å²) < 4.78 is 2.77. The van der Waals surface area contributed by atoms with Crippen molar-refractivity contribution >= 4 is 45.8 Å². The van der Waals surface area contributed by atoms with E-state index in [1.807, 2.05) is 24.3 Å². The smallest absolute Gasteiger partial charge is 0.241 e. The number of aromatic nitrogens is 5. The fourth-order valence-corrected chi connectivity index (χ4v) is 2.28. The third kappa shape index (κ3) is 3.05. The summed E-state index contributed by atoms with van der Waals surface area (Å²) in [5, 5.41) is 3.22. The molecule has 6 nitrogen and oxygen atoms in total. The minimum atomic E-state index is 0.122. The molecule has 1 N–H and O–H groups in total. The molecule has 0 aliphatic carbocycles. The van der Waals surface area contributed by atoms with Crippen molar-refractivity contribution in [2.75, 3.05) is 5.32 Å². The van der Waals surface area contributed by atoms with Gasteiger partial charge in [0, 0.05) is 21.7 Å². The predicted molar refractivity (Wildman–Crippen MR) is 84.4 cm³/mol. The molecule has 0 unspecified atom stereocenters. The van der Waals surface area contributed by atoms with Crippen LogP contribution in [0.1, 0.15) is 0 Å². The normalized spacial score (nSPS) is 10.5. The van der Waals surface area contributed by atoms with Gasteiger partial charge in [-0.3, -0.25) is 4.57 Å². The predicted octanol–water partition coefficient (Wildman–Crippen LogP) is 3.06. The van der Waals surface area contributed by atoms with E-state index in [0.29, 0.717) is 11.9 Å². The average Bonchev–Trinajstić information content (AvgIpc) is 2.91. The van der Waals surface area contributed by atoms with Gasteiger partial charge < -0.3 is 5.32 Å². The zero-order chi connectivity index (χ0) is 13.9. The lowest BCUT2D eigenvalue weighted by atomic mass is 10.3. The minimum Gasteiger partial charge on any atom is -0.324 e. The highest BCUT2D eigenvalue weighted by Crippen LogP contribution is 2.17. The maximum Gasteiger partial charge on any atom is 0.241 e. The average molecular weight is 399 g/mol. The second-order valence-electron chi connectivity index (χ2n) is 3.83. The number of nitrogens with zero attached hydrogens (tertiary/aromatic N) is 5. The second-order valence-corrected chi connectivity index (χ2v) is 5.42. The van der Waals surface area contributed by atoms with Gasteiger partial charge in [-0.1, -0.05) is 6.07 Å². The third-order valence-electron chi connectivity index (χ3n) is 2.41. The molecule has 2 aromatic heterocycles. The molecule has 3 aromatic rings. The van der Waals surface area contributed by atoms with E-state index in [4.69, 9.17) is 11.6 Å². The van der Waals surface area contributed by atoms with Crippen LogP contribution in [0, 0.1) is 3.57 Å². The summed E-state index contributed by atoms with van der Waals surface area (Å²) in [7, 11) is 0. The standard InChI is InChI=1S/C12H8ClIN6/c13-10-17-11(16-9-3-1-2-8(14)6-9)19-12(18-10)20-5-4-15-7-20/h1-7H,(H,16,17,18,19). The number of nitrogens with one attached hydrogen (secondary N) is 1. The Bertz CT molecular complexity index is 731. The van der Waals surface area contributed by atoms with Crippen LogP contribution in [0.4, 0.5) is 11.6 Å². The molecule has 0 fully saturated rings. The molecule has 3 rings (SSSR count). The molecule has 0 aliphatic rings. The molecule has 100 valence electrons. The fourth-order valence-electron chi connectivity index (χ4n) is 1.58. The highest BCUT2D eigenvalue weighted by molar-refractivity contribution is 14.1. The van der Waals surface area contributed by atoms with Crippen molar-refractivity contribution in [3.05, 3.63) is 51.8 Å². The summed E-state index contributed by atoms with van der Waals surface area (Å²) in [6.45, 7) is 0. The molecule has 0 spiro atoms. The minimum absolute atomic E-state index is 0.122. The highest BCUT2D eigenvalue weighted by atomic mass is 127. The monoisotopic (exact) mass is 398 g/mol. The lowest BCUT2D eigenvalue weighted by molar-refractivity contribution is 0.899. The van der Waals surface area contributed by atoms with Gasteiger partial charge in [0.05, 0.1) is 0 Å². The number of rotatable bonds is 3. The van der Waals surface area contributed by atoms with Crippen molar-refractivity contribution < 1.29 is 0 Å². The first-order valence-electron chi connectivity index (χ1n) is 5.63. The first kappa shape index (κ1) is 13.3. The Hall–Kier alpha value is -1.74. The third-order valence-corrected chi connectivity index (χ3v) is 3.25. The van der Waals surface area contributed by atoms with Crippen LogP contribution in [0.15, 0.2) is 43.0 Å². The van der Waals surface area contributed by atoms with Gasteiger partial charge in [0.15, 0.2) is 0 Å².